The number of fused-ring (bicyclic) bond motifs is 2. The first-order valence-corrected chi connectivity index (χ1v) is 12.9. The van der Waals surface area contributed by atoms with Gasteiger partial charge in [0.25, 0.3) is 0 Å². The quantitative estimate of drug-likeness (QED) is 0.404. The monoisotopic (exact) mass is 474 g/mol. The predicted octanol–water partition coefficient (Wildman–Crippen LogP) is 4.34. The molecule has 1 aliphatic heterocycles. The molecule has 1 heterocycles. The fourth-order valence-corrected chi connectivity index (χ4v) is 6.22. The van der Waals surface area contributed by atoms with E-state index in [1.165, 1.54) is 4.31 Å². The lowest BCUT2D eigenvalue weighted by Gasteiger charge is -2.23. The minimum Gasteiger partial charge on any atom is -0.491 e. The van der Waals surface area contributed by atoms with E-state index in [1.54, 1.807) is 18.2 Å². The third-order valence-electron chi connectivity index (χ3n) is 6.24. The summed E-state index contributed by atoms with van der Waals surface area (Å²) in [5.74, 6) is 0.470. The van der Waals surface area contributed by atoms with E-state index in [4.69, 9.17) is 4.74 Å². The molecule has 174 valence electrons. The molecule has 0 aromatic heterocycles. The van der Waals surface area contributed by atoms with Gasteiger partial charge in [0.05, 0.1) is 11.4 Å². The highest BCUT2D eigenvalue weighted by Gasteiger charge is 2.39. The van der Waals surface area contributed by atoms with Gasteiger partial charge in [-0.2, -0.15) is 4.31 Å². The van der Waals surface area contributed by atoms with E-state index in [1.807, 2.05) is 66.7 Å². The lowest BCUT2D eigenvalue weighted by atomic mass is 10.1. The average Bonchev–Trinajstić information content (AvgIpc) is 3.37. The summed E-state index contributed by atoms with van der Waals surface area (Å²) in [7, 11) is -3.78. The van der Waals surface area contributed by atoms with Crippen molar-refractivity contribution in [3.05, 3.63) is 84.9 Å². The van der Waals surface area contributed by atoms with Crippen LogP contribution in [0.1, 0.15) is 12.8 Å². The van der Waals surface area contributed by atoms with Crippen molar-refractivity contribution in [2.24, 2.45) is 0 Å². The summed E-state index contributed by atoms with van der Waals surface area (Å²) in [4.78, 5) is 13.1. The first-order chi connectivity index (χ1) is 16.5. The zero-order valence-corrected chi connectivity index (χ0v) is 19.5. The number of rotatable bonds is 7. The Kier molecular flexibility index (Phi) is 6.22. The second-order valence-electron chi connectivity index (χ2n) is 8.40. The largest absolute Gasteiger partial charge is 0.491 e. The molecule has 0 bridgehead atoms. The fourth-order valence-electron chi connectivity index (χ4n) is 4.53. The minimum absolute atomic E-state index is 0.213. The first kappa shape index (κ1) is 22.4. The molecule has 1 fully saturated rings. The molecule has 0 spiro atoms. The zero-order chi connectivity index (χ0) is 23.5. The standard InChI is InChI=1S/C27H26N2O4S/c30-27(28-16-18-33-26-13-5-10-21-8-3-4-11-24(21)26)25-12-6-17-29(25)34(31,32)23-15-14-20-7-1-2-9-22(20)19-23/h1-5,7-11,13-15,19,25H,6,12,16-18H2,(H,28,30)/t25-/m1/s1. The van der Waals surface area contributed by atoms with Gasteiger partial charge >= 0.3 is 0 Å². The minimum atomic E-state index is -3.78. The number of benzene rings is 4. The number of nitrogens with zero attached hydrogens (tertiary/aromatic N) is 1. The summed E-state index contributed by atoms with van der Waals surface area (Å²) < 4.78 is 33.9. The molecular formula is C27H26N2O4S. The van der Waals surface area contributed by atoms with Gasteiger partial charge in [-0.15, -0.1) is 0 Å². The van der Waals surface area contributed by atoms with Crippen molar-refractivity contribution >= 4 is 37.5 Å². The van der Waals surface area contributed by atoms with Gasteiger partial charge in [0, 0.05) is 11.9 Å². The topological polar surface area (TPSA) is 75.7 Å². The van der Waals surface area contributed by atoms with Crippen molar-refractivity contribution in [2.45, 2.75) is 23.8 Å². The Hall–Kier alpha value is -3.42. The Morgan fingerprint density at radius 1 is 0.912 bits per heavy atom. The van der Waals surface area contributed by atoms with E-state index in [9.17, 15) is 13.2 Å². The van der Waals surface area contributed by atoms with Crippen molar-refractivity contribution in [3.8, 4) is 5.75 Å². The lowest BCUT2D eigenvalue weighted by molar-refractivity contribution is -0.124. The van der Waals surface area contributed by atoms with Crippen LogP contribution in [0.25, 0.3) is 21.5 Å². The SMILES string of the molecule is O=C(NCCOc1cccc2ccccc12)[C@H]1CCCN1S(=O)(=O)c1ccc2ccccc2c1. The molecule has 1 aliphatic rings. The van der Waals surface area contributed by atoms with Gasteiger partial charge in [0.1, 0.15) is 18.4 Å². The Bertz CT molecular complexity index is 1450. The zero-order valence-electron chi connectivity index (χ0n) is 18.7. The van der Waals surface area contributed by atoms with E-state index in [0.29, 0.717) is 32.5 Å². The van der Waals surface area contributed by atoms with Crippen LogP contribution in [0.3, 0.4) is 0 Å². The van der Waals surface area contributed by atoms with Crippen LogP contribution >= 0.6 is 0 Å². The maximum atomic E-state index is 13.4. The number of carbonyl (C=O) groups is 1. The molecule has 1 N–H and O–H groups in total. The number of nitrogens with one attached hydrogen (secondary N) is 1. The Balaban J connectivity index is 1.23. The summed E-state index contributed by atoms with van der Waals surface area (Å²) >= 11 is 0. The Morgan fingerprint density at radius 2 is 1.65 bits per heavy atom. The summed E-state index contributed by atoms with van der Waals surface area (Å²) in [6.45, 7) is 0.923. The first-order valence-electron chi connectivity index (χ1n) is 11.4. The Morgan fingerprint density at radius 3 is 2.50 bits per heavy atom. The van der Waals surface area contributed by atoms with E-state index in [0.717, 1.165) is 27.3 Å². The van der Waals surface area contributed by atoms with Crippen LogP contribution in [0.2, 0.25) is 0 Å². The molecule has 0 radical (unpaired) electrons. The highest BCUT2D eigenvalue weighted by Crippen LogP contribution is 2.28. The maximum Gasteiger partial charge on any atom is 0.243 e. The molecule has 1 amide bonds. The molecule has 4 aromatic rings. The highest BCUT2D eigenvalue weighted by molar-refractivity contribution is 7.89. The Labute approximate surface area is 199 Å². The third-order valence-corrected chi connectivity index (χ3v) is 8.15. The maximum absolute atomic E-state index is 13.4. The lowest BCUT2D eigenvalue weighted by Crippen LogP contribution is -2.46. The molecule has 0 saturated carbocycles. The van der Waals surface area contributed by atoms with Gasteiger partial charge in [0.15, 0.2) is 0 Å². The van der Waals surface area contributed by atoms with Crippen LogP contribution in [0.5, 0.6) is 5.75 Å². The third kappa shape index (κ3) is 4.36. The van der Waals surface area contributed by atoms with Gasteiger partial charge in [-0.05, 0) is 47.2 Å². The fraction of sp³-hybridized carbons (Fsp3) is 0.222. The summed E-state index contributed by atoms with van der Waals surface area (Å²) in [6, 6.07) is 25.8. The van der Waals surface area contributed by atoms with Gasteiger partial charge < -0.3 is 10.1 Å². The number of hydrogen-bond donors (Lipinski definition) is 1. The molecule has 7 heteroatoms. The number of hydrogen-bond acceptors (Lipinski definition) is 4. The van der Waals surface area contributed by atoms with E-state index in [-0.39, 0.29) is 10.8 Å². The van der Waals surface area contributed by atoms with E-state index in [2.05, 4.69) is 5.32 Å². The number of sulfonamides is 1. The average molecular weight is 475 g/mol. The molecule has 4 aromatic carbocycles. The second kappa shape index (κ2) is 9.44. The van der Waals surface area contributed by atoms with Crippen LogP contribution in [0.4, 0.5) is 0 Å². The van der Waals surface area contributed by atoms with Crippen molar-refractivity contribution < 1.29 is 17.9 Å². The van der Waals surface area contributed by atoms with Gasteiger partial charge in [-0.25, -0.2) is 8.42 Å². The number of ether oxygens (including phenoxy) is 1. The molecule has 1 saturated heterocycles. The van der Waals surface area contributed by atoms with Crippen molar-refractivity contribution in [1.82, 2.24) is 9.62 Å². The molecule has 34 heavy (non-hydrogen) atoms. The van der Waals surface area contributed by atoms with Crippen LogP contribution in [0.15, 0.2) is 89.8 Å². The molecular weight excluding hydrogens is 448 g/mol. The van der Waals surface area contributed by atoms with Crippen LogP contribution in [-0.2, 0) is 14.8 Å². The van der Waals surface area contributed by atoms with Gasteiger partial charge in [-0.3, -0.25) is 4.79 Å². The molecule has 1 atom stereocenters. The molecule has 5 rings (SSSR count). The van der Waals surface area contributed by atoms with Crippen LogP contribution < -0.4 is 10.1 Å². The van der Waals surface area contributed by atoms with E-state index < -0.39 is 16.1 Å². The van der Waals surface area contributed by atoms with Gasteiger partial charge in [0.2, 0.25) is 15.9 Å². The summed E-state index contributed by atoms with van der Waals surface area (Å²) in [5, 5.41) is 6.79. The van der Waals surface area contributed by atoms with E-state index >= 15 is 0 Å². The highest BCUT2D eigenvalue weighted by atomic mass is 32.2. The van der Waals surface area contributed by atoms with Crippen molar-refractivity contribution in [3.63, 3.8) is 0 Å². The van der Waals surface area contributed by atoms with Crippen LogP contribution in [0, 0.1) is 0 Å². The van der Waals surface area contributed by atoms with Gasteiger partial charge in [-0.1, -0.05) is 66.7 Å². The molecule has 0 unspecified atom stereocenters. The molecule has 0 aliphatic carbocycles. The van der Waals surface area contributed by atoms with Crippen LogP contribution in [-0.4, -0.2) is 44.4 Å². The predicted molar refractivity (Wildman–Crippen MR) is 133 cm³/mol. The normalized spacial score (nSPS) is 16.6. The number of amides is 1. The molecule has 6 nitrogen and oxygen atoms in total. The smallest absolute Gasteiger partial charge is 0.243 e. The van der Waals surface area contributed by atoms with Crippen molar-refractivity contribution in [2.75, 3.05) is 19.7 Å². The number of carbonyl (C=O) groups excluding carboxylic acids is 1. The summed E-state index contributed by atoms with van der Waals surface area (Å²) in [6.07, 6.45) is 1.15. The summed E-state index contributed by atoms with van der Waals surface area (Å²) in [5.41, 5.74) is 0. The second-order valence-corrected chi connectivity index (χ2v) is 10.3. The van der Waals surface area contributed by atoms with Crippen molar-refractivity contribution in [1.29, 1.82) is 0 Å².